The van der Waals surface area contributed by atoms with Crippen molar-refractivity contribution in [2.75, 3.05) is 6.54 Å². The van der Waals surface area contributed by atoms with E-state index >= 15 is 0 Å². The standard InChI is InChI=1S/C10H19N5S/c1-4-5-6-11-10(16)13-8(2)9-14-12-7-15(9)3/h7-8H,4-6H2,1-3H3,(H2,11,13,16). The Balaban J connectivity index is 2.37. The molecule has 0 aliphatic heterocycles. The zero-order chi connectivity index (χ0) is 12.0. The van der Waals surface area contributed by atoms with Crippen LogP contribution in [0, 0.1) is 0 Å². The van der Waals surface area contributed by atoms with E-state index in [1.165, 1.54) is 0 Å². The van der Waals surface area contributed by atoms with E-state index in [0.29, 0.717) is 5.11 Å². The van der Waals surface area contributed by atoms with Crippen molar-refractivity contribution in [3.8, 4) is 0 Å². The molecular formula is C10H19N5S. The van der Waals surface area contributed by atoms with E-state index in [2.05, 4.69) is 27.8 Å². The Labute approximate surface area is 102 Å². The van der Waals surface area contributed by atoms with E-state index in [0.717, 1.165) is 25.2 Å². The lowest BCUT2D eigenvalue weighted by Crippen LogP contribution is -2.37. The fourth-order valence-electron chi connectivity index (χ4n) is 1.38. The molecule has 0 amide bonds. The average molecular weight is 241 g/mol. The quantitative estimate of drug-likeness (QED) is 0.598. The summed E-state index contributed by atoms with van der Waals surface area (Å²) in [5, 5.41) is 14.9. The van der Waals surface area contributed by atoms with Gasteiger partial charge in [0.2, 0.25) is 0 Å². The first kappa shape index (κ1) is 12.9. The van der Waals surface area contributed by atoms with E-state index in [-0.39, 0.29) is 6.04 Å². The predicted molar refractivity (Wildman–Crippen MR) is 68.1 cm³/mol. The number of nitrogens with one attached hydrogen (secondary N) is 2. The fraction of sp³-hybridized carbons (Fsp3) is 0.700. The highest BCUT2D eigenvalue weighted by Gasteiger charge is 2.11. The van der Waals surface area contributed by atoms with E-state index in [9.17, 15) is 0 Å². The monoisotopic (exact) mass is 241 g/mol. The summed E-state index contributed by atoms with van der Waals surface area (Å²) in [6, 6.07) is 0.0640. The van der Waals surface area contributed by atoms with Gasteiger partial charge in [0.1, 0.15) is 6.33 Å². The maximum atomic E-state index is 5.18. The number of aryl methyl sites for hydroxylation is 1. The van der Waals surface area contributed by atoms with Crippen molar-refractivity contribution >= 4 is 17.3 Å². The van der Waals surface area contributed by atoms with Crippen molar-refractivity contribution in [3.05, 3.63) is 12.2 Å². The van der Waals surface area contributed by atoms with Gasteiger partial charge in [-0.25, -0.2) is 0 Å². The smallest absolute Gasteiger partial charge is 0.166 e. The molecule has 90 valence electrons. The van der Waals surface area contributed by atoms with Crippen LogP contribution in [-0.4, -0.2) is 26.4 Å². The number of nitrogens with zero attached hydrogens (tertiary/aromatic N) is 3. The van der Waals surface area contributed by atoms with E-state index < -0.39 is 0 Å². The van der Waals surface area contributed by atoms with Crippen LogP contribution in [0.3, 0.4) is 0 Å². The van der Waals surface area contributed by atoms with Gasteiger partial charge in [-0.2, -0.15) is 0 Å². The minimum atomic E-state index is 0.0640. The van der Waals surface area contributed by atoms with Crippen LogP contribution in [0.5, 0.6) is 0 Å². The third-order valence-electron chi connectivity index (χ3n) is 2.30. The number of aromatic nitrogens is 3. The predicted octanol–water partition coefficient (Wildman–Crippen LogP) is 1.14. The van der Waals surface area contributed by atoms with Gasteiger partial charge in [-0.1, -0.05) is 13.3 Å². The molecule has 6 heteroatoms. The zero-order valence-electron chi connectivity index (χ0n) is 10.0. The molecule has 1 aromatic heterocycles. The summed E-state index contributed by atoms with van der Waals surface area (Å²) in [5.74, 6) is 0.875. The Morgan fingerprint density at radius 3 is 2.94 bits per heavy atom. The van der Waals surface area contributed by atoms with Gasteiger partial charge in [0, 0.05) is 13.6 Å². The second-order valence-electron chi connectivity index (χ2n) is 3.78. The first-order chi connectivity index (χ1) is 7.65. The van der Waals surface area contributed by atoms with Crippen LogP contribution >= 0.6 is 12.2 Å². The van der Waals surface area contributed by atoms with Crippen LogP contribution in [0.25, 0.3) is 0 Å². The largest absolute Gasteiger partial charge is 0.363 e. The minimum Gasteiger partial charge on any atom is -0.363 e. The average Bonchev–Trinajstić information content (AvgIpc) is 2.65. The molecule has 0 saturated heterocycles. The topological polar surface area (TPSA) is 54.8 Å². The molecule has 0 aliphatic carbocycles. The van der Waals surface area contributed by atoms with Gasteiger partial charge in [-0.15, -0.1) is 10.2 Å². The summed E-state index contributed by atoms with van der Waals surface area (Å²) < 4.78 is 1.88. The maximum absolute atomic E-state index is 5.18. The Morgan fingerprint density at radius 1 is 1.62 bits per heavy atom. The molecule has 0 aliphatic rings. The molecule has 1 aromatic rings. The molecule has 2 N–H and O–H groups in total. The lowest BCUT2D eigenvalue weighted by atomic mass is 10.3. The summed E-state index contributed by atoms with van der Waals surface area (Å²) in [4.78, 5) is 0. The first-order valence-corrected chi connectivity index (χ1v) is 5.94. The third-order valence-corrected chi connectivity index (χ3v) is 2.56. The Hall–Kier alpha value is -1.17. The SMILES string of the molecule is CCCCNC(=S)NC(C)c1nncn1C. The van der Waals surface area contributed by atoms with Gasteiger partial charge in [0.25, 0.3) is 0 Å². The lowest BCUT2D eigenvalue weighted by molar-refractivity contribution is 0.615. The van der Waals surface area contributed by atoms with Gasteiger partial charge in [0.05, 0.1) is 6.04 Å². The van der Waals surface area contributed by atoms with Crippen molar-refractivity contribution in [3.63, 3.8) is 0 Å². The number of hydrogen-bond donors (Lipinski definition) is 2. The number of thiocarbonyl (C=S) groups is 1. The van der Waals surface area contributed by atoms with E-state index in [1.807, 2.05) is 18.5 Å². The fourth-order valence-corrected chi connectivity index (χ4v) is 1.65. The van der Waals surface area contributed by atoms with Crippen molar-refractivity contribution in [1.82, 2.24) is 25.4 Å². The van der Waals surface area contributed by atoms with Crippen LogP contribution < -0.4 is 10.6 Å². The molecule has 1 atom stereocenters. The molecule has 0 saturated carbocycles. The van der Waals surface area contributed by atoms with Crippen LogP contribution in [-0.2, 0) is 7.05 Å². The van der Waals surface area contributed by atoms with E-state index in [4.69, 9.17) is 12.2 Å². The van der Waals surface area contributed by atoms with Gasteiger partial charge >= 0.3 is 0 Å². The Kier molecular flexibility index (Phi) is 5.18. The summed E-state index contributed by atoms with van der Waals surface area (Å²) in [7, 11) is 1.92. The van der Waals surface area contributed by atoms with Crippen molar-refractivity contribution in [2.24, 2.45) is 7.05 Å². The summed E-state index contributed by atoms with van der Waals surface area (Å²) in [6.45, 7) is 5.08. The second kappa shape index (κ2) is 6.42. The molecule has 1 unspecified atom stereocenters. The summed E-state index contributed by atoms with van der Waals surface area (Å²) in [5.41, 5.74) is 0. The highest BCUT2D eigenvalue weighted by atomic mass is 32.1. The maximum Gasteiger partial charge on any atom is 0.166 e. The van der Waals surface area contributed by atoms with Gasteiger partial charge < -0.3 is 15.2 Å². The molecule has 1 heterocycles. The van der Waals surface area contributed by atoms with Gasteiger partial charge in [0.15, 0.2) is 10.9 Å². The highest BCUT2D eigenvalue weighted by Crippen LogP contribution is 2.06. The molecular weight excluding hydrogens is 222 g/mol. The molecule has 16 heavy (non-hydrogen) atoms. The van der Waals surface area contributed by atoms with Crippen LogP contribution in [0.4, 0.5) is 0 Å². The number of hydrogen-bond acceptors (Lipinski definition) is 3. The summed E-state index contributed by atoms with van der Waals surface area (Å²) in [6.07, 6.45) is 3.97. The first-order valence-electron chi connectivity index (χ1n) is 5.53. The Morgan fingerprint density at radius 2 is 2.38 bits per heavy atom. The summed E-state index contributed by atoms with van der Waals surface area (Å²) >= 11 is 5.18. The third kappa shape index (κ3) is 3.77. The van der Waals surface area contributed by atoms with Crippen molar-refractivity contribution in [2.45, 2.75) is 32.7 Å². The molecule has 0 radical (unpaired) electrons. The van der Waals surface area contributed by atoms with Gasteiger partial charge in [-0.05, 0) is 25.6 Å². The van der Waals surface area contributed by atoms with Gasteiger partial charge in [-0.3, -0.25) is 0 Å². The number of unbranched alkanes of at least 4 members (excludes halogenated alkanes) is 1. The normalized spacial score (nSPS) is 12.2. The lowest BCUT2D eigenvalue weighted by Gasteiger charge is -2.15. The second-order valence-corrected chi connectivity index (χ2v) is 4.18. The van der Waals surface area contributed by atoms with Crippen molar-refractivity contribution in [1.29, 1.82) is 0 Å². The molecule has 1 rings (SSSR count). The van der Waals surface area contributed by atoms with Crippen LogP contribution in [0.1, 0.15) is 38.6 Å². The molecule has 0 aromatic carbocycles. The number of rotatable bonds is 5. The van der Waals surface area contributed by atoms with Crippen molar-refractivity contribution < 1.29 is 0 Å². The molecule has 0 bridgehead atoms. The van der Waals surface area contributed by atoms with E-state index in [1.54, 1.807) is 6.33 Å². The van der Waals surface area contributed by atoms with Crippen LogP contribution in [0.15, 0.2) is 6.33 Å². The molecule has 5 nitrogen and oxygen atoms in total. The highest BCUT2D eigenvalue weighted by molar-refractivity contribution is 7.80. The molecule has 0 spiro atoms. The minimum absolute atomic E-state index is 0.0640. The Bertz CT molecular complexity index is 336. The molecule has 0 fully saturated rings. The zero-order valence-corrected chi connectivity index (χ0v) is 10.8. The van der Waals surface area contributed by atoms with Crippen LogP contribution in [0.2, 0.25) is 0 Å².